The van der Waals surface area contributed by atoms with Gasteiger partial charge in [0, 0.05) is 25.5 Å². The lowest BCUT2D eigenvalue weighted by Crippen LogP contribution is -2.40. The van der Waals surface area contributed by atoms with Crippen LogP contribution in [0, 0.1) is 0 Å². The van der Waals surface area contributed by atoms with E-state index in [0.29, 0.717) is 17.9 Å². The van der Waals surface area contributed by atoms with Gasteiger partial charge >= 0.3 is 0 Å². The zero-order valence-corrected chi connectivity index (χ0v) is 10.1. The molecule has 4 N–H and O–H groups in total. The van der Waals surface area contributed by atoms with Crippen molar-refractivity contribution in [3.05, 3.63) is 18.0 Å². The Morgan fingerprint density at radius 3 is 2.71 bits per heavy atom. The van der Waals surface area contributed by atoms with E-state index in [-0.39, 0.29) is 18.4 Å². The number of nitrogens with zero attached hydrogens (tertiary/aromatic N) is 1. The molecule has 0 unspecified atom stereocenters. The molecule has 0 saturated carbocycles. The van der Waals surface area contributed by atoms with Gasteiger partial charge in [-0.1, -0.05) is 6.92 Å². The number of nitrogens with two attached hydrogens (primary N) is 1. The molecule has 1 aromatic heterocycles. The number of likely N-dealkylation sites (N-methyl/N-ethyl adjacent to an activating group) is 1. The van der Waals surface area contributed by atoms with E-state index in [1.54, 1.807) is 19.3 Å². The molecular formula is C11H18N4O2. The smallest absolute Gasteiger partial charge is 0.270 e. The Kier molecular flexibility index (Phi) is 4.56. The van der Waals surface area contributed by atoms with Gasteiger partial charge in [0.15, 0.2) is 0 Å². The van der Waals surface area contributed by atoms with Gasteiger partial charge in [0.05, 0.1) is 6.54 Å². The van der Waals surface area contributed by atoms with Crippen LogP contribution in [-0.4, -0.2) is 41.8 Å². The Morgan fingerprint density at radius 2 is 2.24 bits per heavy atom. The molecule has 0 radical (unpaired) electrons. The second-order valence-corrected chi connectivity index (χ2v) is 3.75. The lowest BCUT2D eigenvalue weighted by Gasteiger charge is -2.20. The highest BCUT2D eigenvalue weighted by molar-refractivity contribution is 5.95. The normalized spacial score (nSPS) is 10.0. The Bertz CT molecular complexity index is 400. The minimum absolute atomic E-state index is 0.0576. The Morgan fingerprint density at radius 1 is 1.53 bits per heavy atom. The summed E-state index contributed by atoms with van der Waals surface area (Å²) in [5, 5.41) is 2.50. The number of carbonyl (C=O) groups is 2. The van der Waals surface area contributed by atoms with Crippen LogP contribution in [0.1, 0.15) is 23.8 Å². The monoisotopic (exact) mass is 238 g/mol. The third-order valence-corrected chi connectivity index (χ3v) is 2.33. The number of hydrogen-bond acceptors (Lipinski definition) is 3. The van der Waals surface area contributed by atoms with Crippen molar-refractivity contribution in [3.8, 4) is 0 Å². The maximum absolute atomic E-state index is 12.1. The second-order valence-electron chi connectivity index (χ2n) is 3.75. The Balaban J connectivity index is 2.76. The molecule has 0 aliphatic rings. The van der Waals surface area contributed by atoms with Crippen molar-refractivity contribution in [2.45, 2.75) is 13.3 Å². The van der Waals surface area contributed by atoms with Crippen LogP contribution >= 0.6 is 0 Å². The summed E-state index contributed by atoms with van der Waals surface area (Å²) in [4.78, 5) is 27.6. The number of nitrogens with one attached hydrogen (secondary N) is 2. The third-order valence-electron chi connectivity index (χ3n) is 2.33. The maximum Gasteiger partial charge on any atom is 0.270 e. The van der Waals surface area contributed by atoms with Crippen LogP contribution in [0.4, 0.5) is 5.69 Å². The molecule has 94 valence electrons. The molecule has 1 heterocycles. The summed E-state index contributed by atoms with van der Waals surface area (Å²) in [5.74, 6) is -0.404. The number of nitrogen functional groups attached to an aromatic ring is 1. The van der Waals surface area contributed by atoms with E-state index in [1.165, 1.54) is 4.90 Å². The van der Waals surface area contributed by atoms with E-state index in [9.17, 15) is 9.59 Å². The number of H-pyrrole nitrogens is 1. The van der Waals surface area contributed by atoms with E-state index in [4.69, 9.17) is 5.73 Å². The second kappa shape index (κ2) is 5.93. The number of carbonyl (C=O) groups excluding carboxylic acids is 2. The van der Waals surface area contributed by atoms with Crippen molar-refractivity contribution in [2.75, 3.05) is 25.9 Å². The minimum Gasteiger partial charge on any atom is -0.397 e. The molecule has 1 aromatic rings. The van der Waals surface area contributed by atoms with Crippen molar-refractivity contribution >= 4 is 17.5 Å². The van der Waals surface area contributed by atoms with Crippen molar-refractivity contribution in [1.82, 2.24) is 15.2 Å². The highest BCUT2D eigenvalue weighted by atomic mass is 16.2. The summed E-state index contributed by atoms with van der Waals surface area (Å²) in [6.07, 6.45) is 2.34. The quantitative estimate of drug-likeness (QED) is 0.684. The molecule has 0 atom stereocenters. The van der Waals surface area contributed by atoms with Crippen molar-refractivity contribution in [1.29, 1.82) is 0 Å². The van der Waals surface area contributed by atoms with Crippen LogP contribution in [0.25, 0.3) is 0 Å². The first-order chi connectivity index (χ1) is 8.08. The summed E-state index contributed by atoms with van der Waals surface area (Å²) < 4.78 is 0. The molecule has 0 spiro atoms. The van der Waals surface area contributed by atoms with Crippen LogP contribution in [0.2, 0.25) is 0 Å². The van der Waals surface area contributed by atoms with Gasteiger partial charge in [0.1, 0.15) is 5.69 Å². The van der Waals surface area contributed by atoms with Crippen molar-refractivity contribution < 1.29 is 9.59 Å². The first-order valence-corrected chi connectivity index (χ1v) is 5.52. The summed E-state index contributed by atoms with van der Waals surface area (Å²) >= 11 is 0. The zero-order chi connectivity index (χ0) is 12.8. The minimum atomic E-state index is -0.216. The fraction of sp³-hybridized carbons (Fsp3) is 0.455. The van der Waals surface area contributed by atoms with Gasteiger partial charge in [0.25, 0.3) is 5.91 Å². The molecular weight excluding hydrogens is 220 g/mol. The maximum atomic E-state index is 12.1. The van der Waals surface area contributed by atoms with Gasteiger partial charge in [-0.05, 0) is 12.5 Å². The number of amides is 2. The first-order valence-electron chi connectivity index (χ1n) is 5.52. The molecule has 0 aliphatic carbocycles. The number of anilines is 1. The predicted molar refractivity (Wildman–Crippen MR) is 65.5 cm³/mol. The fourth-order valence-corrected chi connectivity index (χ4v) is 1.48. The van der Waals surface area contributed by atoms with Crippen LogP contribution < -0.4 is 11.1 Å². The molecule has 6 heteroatoms. The number of hydrogen-bond donors (Lipinski definition) is 3. The molecule has 6 nitrogen and oxygen atoms in total. The van der Waals surface area contributed by atoms with Crippen LogP contribution in [0.5, 0.6) is 0 Å². The van der Waals surface area contributed by atoms with Gasteiger partial charge < -0.3 is 20.9 Å². The molecule has 17 heavy (non-hydrogen) atoms. The number of aromatic amines is 1. The molecule has 0 saturated heterocycles. The summed E-state index contributed by atoms with van der Waals surface area (Å²) in [5.41, 5.74) is 6.44. The van der Waals surface area contributed by atoms with Gasteiger partial charge in [0.2, 0.25) is 5.91 Å². The van der Waals surface area contributed by atoms with Crippen LogP contribution in [0.3, 0.4) is 0 Å². The topological polar surface area (TPSA) is 91.2 Å². The average molecular weight is 238 g/mol. The van der Waals surface area contributed by atoms with E-state index in [0.717, 1.165) is 6.42 Å². The lowest BCUT2D eigenvalue weighted by molar-refractivity contribution is -0.121. The highest BCUT2D eigenvalue weighted by Gasteiger charge is 2.18. The van der Waals surface area contributed by atoms with Crippen molar-refractivity contribution in [2.24, 2.45) is 0 Å². The third kappa shape index (κ3) is 3.51. The van der Waals surface area contributed by atoms with E-state index >= 15 is 0 Å². The SMILES string of the molecule is CCCN(CC(=O)NC)C(=O)c1cc(N)c[nH]1. The zero-order valence-electron chi connectivity index (χ0n) is 10.1. The predicted octanol–water partition coefficient (Wildman–Crippen LogP) is 0.195. The van der Waals surface area contributed by atoms with E-state index in [1.807, 2.05) is 6.92 Å². The highest BCUT2D eigenvalue weighted by Crippen LogP contribution is 2.08. The summed E-state index contributed by atoms with van der Waals surface area (Å²) in [6, 6.07) is 1.56. The summed E-state index contributed by atoms with van der Waals surface area (Å²) in [6.45, 7) is 2.54. The standard InChI is InChI=1S/C11H18N4O2/c1-3-4-15(7-10(16)13-2)11(17)9-5-8(12)6-14-9/h5-6,14H,3-4,7,12H2,1-2H3,(H,13,16). The van der Waals surface area contributed by atoms with Gasteiger partial charge in [-0.2, -0.15) is 0 Å². The molecule has 0 aromatic carbocycles. The average Bonchev–Trinajstić information content (AvgIpc) is 2.74. The van der Waals surface area contributed by atoms with Crippen molar-refractivity contribution in [3.63, 3.8) is 0 Å². The van der Waals surface area contributed by atoms with E-state index < -0.39 is 0 Å². The fourth-order valence-electron chi connectivity index (χ4n) is 1.48. The summed E-state index contributed by atoms with van der Waals surface area (Å²) in [7, 11) is 1.55. The number of aromatic nitrogens is 1. The molecule has 0 aliphatic heterocycles. The lowest BCUT2D eigenvalue weighted by atomic mass is 10.3. The molecule has 1 rings (SSSR count). The molecule has 0 bridgehead atoms. The largest absolute Gasteiger partial charge is 0.397 e. The van der Waals surface area contributed by atoms with Crippen LogP contribution in [-0.2, 0) is 4.79 Å². The molecule has 2 amide bonds. The Hall–Kier alpha value is -1.98. The van der Waals surface area contributed by atoms with Crippen LogP contribution in [0.15, 0.2) is 12.3 Å². The first kappa shape index (κ1) is 13.1. The van der Waals surface area contributed by atoms with Gasteiger partial charge in [-0.15, -0.1) is 0 Å². The number of rotatable bonds is 5. The van der Waals surface area contributed by atoms with Gasteiger partial charge in [-0.3, -0.25) is 9.59 Å². The molecule has 0 fully saturated rings. The van der Waals surface area contributed by atoms with Gasteiger partial charge in [-0.25, -0.2) is 0 Å². The Labute approximate surface area is 100 Å². The van der Waals surface area contributed by atoms with E-state index in [2.05, 4.69) is 10.3 Å².